The zero-order valence-corrected chi connectivity index (χ0v) is 8.98. The van der Waals surface area contributed by atoms with E-state index in [0.717, 1.165) is 0 Å². The van der Waals surface area contributed by atoms with Crippen molar-refractivity contribution in [2.24, 2.45) is 0 Å². The Morgan fingerprint density at radius 2 is 1.83 bits per heavy atom. The highest BCUT2D eigenvalue weighted by atomic mass is 14.0. The molecule has 0 aliphatic heterocycles. The van der Waals surface area contributed by atoms with Crippen molar-refractivity contribution in [3.8, 4) is 0 Å². The van der Waals surface area contributed by atoms with E-state index >= 15 is 0 Å². The first-order valence-electron chi connectivity index (χ1n) is 5.04. The molecule has 0 heteroatoms. The molecule has 0 aromatic rings. The first-order chi connectivity index (χ1) is 5.74. The van der Waals surface area contributed by atoms with E-state index in [1.165, 1.54) is 31.3 Å². The lowest BCUT2D eigenvalue weighted by molar-refractivity contribution is 0.892. The Bertz CT molecular complexity index is 161. The van der Waals surface area contributed by atoms with Crippen LogP contribution in [0.15, 0.2) is 23.3 Å². The van der Waals surface area contributed by atoms with Crippen LogP contribution in [-0.4, -0.2) is 0 Å². The minimum absolute atomic E-state index is 1.19. The fraction of sp³-hybridized carbons (Fsp3) is 0.667. The lowest BCUT2D eigenvalue weighted by Crippen LogP contribution is -1.80. The van der Waals surface area contributed by atoms with Crippen LogP contribution in [0.1, 0.15) is 53.4 Å². The molecule has 0 unspecified atom stereocenters. The molecule has 0 aliphatic carbocycles. The Morgan fingerprint density at radius 1 is 1.17 bits per heavy atom. The molecule has 0 radical (unpaired) electrons. The van der Waals surface area contributed by atoms with Crippen LogP contribution < -0.4 is 0 Å². The van der Waals surface area contributed by atoms with Gasteiger partial charge in [-0.2, -0.15) is 0 Å². The van der Waals surface area contributed by atoms with Crippen LogP contribution in [-0.2, 0) is 0 Å². The van der Waals surface area contributed by atoms with E-state index in [-0.39, 0.29) is 0 Å². The maximum Gasteiger partial charge on any atom is -0.0286 e. The number of allylic oxidation sites excluding steroid dienone is 4. The molecule has 0 aromatic heterocycles. The molecule has 0 atom stereocenters. The number of rotatable bonds is 5. The van der Waals surface area contributed by atoms with Gasteiger partial charge in [0.25, 0.3) is 0 Å². The van der Waals surface area contributed by atoms with Gasteiger partial charge < -0.3 is 0 Å². The first kappa shape index (κ1) is 11.5. The van der Waals surface area contributed by atoms with Crippen molar-refractivity contribution in [1.82, 2.24) is 0 Å². The summed E-state index contributed by atoms with van der Waals surface area (Å²) in [5.41, 5.74) is 3.09. The van der Waals surface area contributed by atoms with E-state index < -0.39 is 0 Å². The van der Waals surface area contributed by atoms with Crippen molar-refractivity contribution < 1.29 is 0 Å². The van der Waals surface area contributed by atoms with Crippen molar-refractivity contribution in [2.45, 2.75) is 53.4 Å². The summed E-state index contributed by atoms with van der Waals surface area (Å²) < 4.78 is 0. The molecule has 0 amide bonds. The normalized spacial score (nSPS) is 13.7. The third-order valence-electron chi connectivity index (χ3n) is 2.38. The molecule has 0 aliphatic rings. The second kappa shape index (κ2) is 7.15. The van der Waals surface area contributed by atoms with E-state index in [4.69, 9.17) is 0 Å². The second-order valence-electron chi connectivity index (χ2n) is 3.24. The largest absolute Gasteiger partial charge is 0.0885 e. The van der Waals surface area contributed by atoms with E-state index in [0.29, 0.717) is 0 Å². The molecule has 0 aromatic carbocycles. The summed E-state index contributed by atoms with van der Waals surface area (Å²) in [5, 5.41) is 0. The lowest BCUT2D eigenvalue weighted by Gasteiger charge is -2.01. The Hall–Kier alpha value is -0.520. The molecule has 0 nitrogen and oxygen atoms in total. The third kappa shape index (κ3) is 5.17. The quantitative estimate of drug-likeness (QED) is 0.528. The van der Waals surface area contributed by atoms with Crippen LogP contribution in [0.4, 0.5) is 0 Å². The second-order valence-corrected chi connectivity index (χ2v) is 3.24. The highest BCUT2D eigenvalue weighted by molar-refractivity contribution is 5.03. The summed E-state index contributed by atoms with van der Waals surface area (Å²) in [6.07, 6.45) is 9.46. The zero-order valence-electron chi connectivity index (χ0n) is 8.98. The summed E-state index contributed by atoms with van der Waals surface area (Å²) in [4.78, 5) is 0. The van der Waals surface area contributed by atoms with Crippen LogP contribution >= 0.6 is 0 Å². The topological polar surface area (TPSA) is 0 Å². The SMILES string of the molecule is C/C=C(\CC)CC/C=C(\C)CC. The van der Waals surface area contributed by atoms with Crippen LogP contribution in [0, 0.1) is 0 Å². The molecule has 0 saturated carbocycles. The Kier molecular flexibility index (Phi) is 6.84. The van der Waals surface area contributed by atoms with Crippen molar-refractivity contribution >= 4 is 0 Å². The summed E-state index contributed by atoms with van der Waals surface area (Å²) in [6, 6.07) is 0. The molecule has 0 saturated heterocycles. The van der Waals surface area contributed by atoms with E-state index in [1.54, 1.807) is 5.57 Å². The van der Waals surface area contributed by atoms with Crippen LogP contribution in [0.3, 0.4) is 0 Å². The average Bonchev–Trinajstić information content (AvgIpc) is 2.12. The van der Waals surface area contributed by atoms with Gasteiger partial charge >= 0.3 is 0 Å². The Morgan fingerprint density at radius 3 is 2.25 bits per heavy atom. The standard InChI is InChI=1S/C12H22/c1-5-11(4)9-8-10-12(6-2)7-3/h6,9H,5,7-8,10H2,1-4H3/b11-9+,12-6+. The molecule has 70 valence electrons. The summed E-state index contributed by atoms with van der Waals surface area (Å²) in [7, 11) is 0. The first-order valence-corrected chi connectivity index (χ1v) is 5.04. The Balaban J connectivity index is 3.68. The van der Waals surface area contributed by atoms with Crippen molar-refractivity contribution in [2.75, 3.05) is 0 Å². The molecule has 0 heterocycles. The van der Waals surface area contributed by atoms with Gasteiger partial charge in [-0.05, 0) is 39.5 Å². The van der Waals surface area contributed by atoms with E-state index in [1.807, 2.05) is 0 Å². The third-order valence-corrected chi connectivity index (χ3v) is 2.38. The molecule has 0 spiro atoms. The van der Waals surface area contributed by atoms with Gasteiger partial charge in [-0.1, -0.05) is 37.1 Å². The van der Waals surface area contributed by atoms with Crippen molar-refractivity contribution in [1.29, 1.82) is 0 Å². The molecular weight excluding hydrogens is 144 g/mol. The zero-order chi connectivity index (χ0) is 9.40. The highest BCUT2D eigenvalue weighted by Crippen LogP contribution is 2.11. The van der Waals surface area contributed by atoms with Crippen LogP contribution in [0.5, 0.6) is 0 Å². The van der Waals surface area contributed by atoms with Gasteiger partial charge in [-0.15, -0.1) is 0 Å². The fourth-order valence-corrected chi connectivity index (χ4v) is 1.17. The predicted octanol–water partition coefficient (Wildman–Crippen LogP) is 4.48. The number of hydrogen-bond donors (Lipinski definition) is 0. The lowest BCUT2D eigenvalue weighted by atomic mass is 10.1. The molecule has 0 fully saturated rings. The van der Waals surface area contributed by atoms with Gasteiger partial charge in [-0.25, -0.2) is 0 Å². The monoisotopic (exact) mass is 166 g/mol. The van der Waals surface area contributed by atoms with Crippen molar-refractivity contribution in [3.63, 3.8) is 0 Å². The molecule has 0 N–H and O–H groups in total. The minimum atomic E-state index is 1.19. The fourth-order valence-electron chi connectivity index (χ4n) is 1.17. The van der Waals surface area contributed by atoms with E-state index in [2.05, 4.69) is 39.8 Å². The molecule has 12 heavy (non-hydrogen) atoms. The van der Waals surface area contributed by atoms with Gasteiger partial charge in [-0.3, -0.25) is 0 Å². The average molecular weight is 166 g/mol. The molecule has 0 rings (SSSR count). The maximum atomic E-state index is 2.36. The minimum Gasteiger partial charge on any atom is -0.0885 e. The van der Waals surface area contributed by atoms with Crippen LogP contribution in [0.2, 0.25) is 0 Å². The van der Waals surface area contributed by atoms with Gasteiger partial charge in [0.1, 0.15) is 0 Å². The van der Waals surface area contributed by atoms with Gasteiger partial charge in [0.2, 0.25) is 0 Å². The van der Waals surface area contributed by atoms with Crippen LogP contribution in [0.25, 0.3) is 0 Å². The molecule has 0 bridgehead atoms. The Labute approximate surface area is 77.4 Å². The summed E-state index contributed by atoms with van der Waals surface area (Å²) in [5.74, 6) is 0. The van der Waals surface area contributed by atoms with Gasteiger partial charge in [0.15, 0.2) is 0 Å². The number of hydrogen-bond acceptors (Lipinski definition) is 0. The van der Waals surface area contributed by atoms with Gasteiger partial charge in [0.05, 0.1) is 0 Å². The van der Waals surface area contributed by atoms with Gasteiger partial charge in [0, 0.05) is 0 Å². The van der Waals surface area contributed by atoms with E-state index in [9.17, 15) is 0 Å². The summed E-state index contributed by atoms with van der Waals surface area (Å²) in [6.45, 7) is 8.78. The maximum absolute atomic E-state index is 2.36. The molecular formula is C12H22. The summed E-state index contributed by atoms with van der Waals surface area (Å²) >= 11 is 0. The van der Waals surface area contributed by atoms with Crippen molar-refractivity contribution in [3.05, 3.63) is 23.3 Å². The highest BCUT2D eigenvalue weighted by Gasteiger charge is 1.91. The predicted molar refractivity (Wildman–Crippen MR) is 57.3 cm³/mol. The smallest absolute Gasteiger partial charge is 0.0286 e.